The van der Waals surface area contributed by atoms with Crippen molar-refractivity contribution in [2.45, 2.75) is 70.8 Å². The first-order valence-corrected chi connectivity index (χ1v) is 7.51. The van der Waals surface area contributed by atoms with E-state index >= 15 is 0 Å². The quantitative estimate of drug-likeness (QED) is 0.676. The van der Waals surface area contributed by atoms with Crippen LogP contribution < -0.4 is 0 Å². The zero-order chi connectivity index (χ0) is 12.3. The fraction of sp³-hybridized carbons (Fsp3) is 0.933. The van der Waals surface area contributed by atoms with Gasteiger partial charge in [-0.3, -0.25) is 9.69 Å². The number of ketones is 1. The van der Waals surface area contributed by atoms with Crippen molar-refractivity contribution in [3.63, 3.8) is 0 Å². The Hall–Kier alpha value is -0.370. The minimum atomic E-state index is -0.120. The standard InChI is InChI=1S/C15H27NO/c1-3-15(4-2,16-11-5-6-12-16)14(17)10-9-13-7-8-13/h13H,3-12H2,1-2H3. The minimum absolute atomic E-state index is 0.120. The van der Waals surface area contributed by atoms with E-state index in [1.54, 1.807) is 0 Å². The van der Waals surface area contributed by atoms with E-state index in [4.69, 9.17) is 0 Å². The van der Waals surface area contributed by atoms with Crippen molar-refractivity contribution in [3.05, 3.63) is 0 Å². The molecule has 0 N–H and O–H groups in total. The molecule has 2 fully saturated rings. The van der Waals surface area contributed by atoms with E-state index in [0.717, 1.165) is 44.7 Å². The van der Waals surface area contributed by atoms with Crippen LogP contribution in [-0.2, 0) is 4.79 Å². The molecule has 1 aliphatic carbocycles. The Bertz CT molecular complexity index is 260. The number of hydrogen-bond acceptors (Lipinski definition) is 2. The molecule has 0 atom stereocenters. The molecule has 2 aliphatic rings. The first-order valence-electron chi connectivity index (χ1n) is 7.51. The average molecular weight is 237 g/mol. The monoisotopic (exact) mass is 237 g/mol. The van der Waals surface area contributed by atoms with Crippen LogP contribution in [0.5, 0.6) is 0 Å². The van der Waals surface area contributed by atoms with Gasteiger partial charge in [-0.2, -0.15) is 0 Å². The average Bonchev–Trinajstić information content (AvgIpc) is 3.03. The molecule has 0 aromatic heterocycles. The highest BCUT2D eigenvalue weighted by Crippen LogP contribution is 2.36. The summed E-state index contributed by atoms with van der Waals surface area (Å²) in [4.78, 5) is 15.1. The third-order valence-corrected chi connectivity index (χ3v) is 4.88. The molecule has 1 saturated heterocycles. The molecule has 1 heterocycles. The Morgan fingerprint density at radius 2 is 1.76 bits per heavy atom. The molecule has 98 valence electrons. The van der Waals surface area contributed by atoms with Crippen LogP contribution in [0.3, 0.4) is 0 Å². The van der Waals surface area contributed by atoms with Crippen LogP contribution in [0, 0.1) is 5.92 Å². The van der Waals surface area contributed by atoms with Crippen molar-refractivity contribution in [2.75, 3.05) is 13.1 Å². The van der Waals surface area contributed by atoms with E-state index in [2.05, 4.69) is 18.7 Å². The van der Waals surface area contributed by atoms with Gasteiger partial charge in [0.15, 0.2) is 5.78 Å². The first-order chi connectivity index (χ1) is 8.23. The number of carbonyl (C=O) groups is 1. The summed E-state index contributed by atoms with van der Waals surface area (Å²) >= 11 is 0. The summed E-state index contributed by atoms with van der Waals surface area (Å²) < 4.78 is 0. The van der Waals surface area contributed by atoms with Gasteiger partial charge in [-0.25, -0.2) is 0 Å². The lowest BCUT2D eigenvalue weighted by molar-refractivity contribution is -0.131. The number of hydrogen-bond donors (Lipinski definition) is 0. The van der Waals surface area contributed by atoms with Gasteiger partial charge in [0.05, 0.1) is 5.54 Å². The van der Waals surface area contributed by atoms with Crippen LogP contribution in [-0.4, -0.2) is 29.3 Å². The Labute approximate surface area is 106 Å². The molecular weight excluding hydrogens is 210 g/mol. The number of likely N-dealkylation sites (tertiary alicyclic amines) is 1. The van der Waals surface area contributed by atoms with E-state index in [1.807, 2.05) is 0 Å². The van der Waals surface area contributed by atoms with E-state index in [9.17, 15) is 4.79 Å². The van der Waals surface area contributed by atoms with Crippen LogP contribution in [0.2, 0.25) is 0 Å². The van der Waals surface area contributed by atoms with E-state index < -0.39 is 0 Å². The van der Waals surface area contributed by atoms with Gasteiger partial charge in [0, 0.05) is 6.42 Å². The van der Waals surface area contributed by atoms with Gasteiger partial charge in [0.2, 0.25) is 0 Å². The zero-order valence-corrected chi connectivity index (χ0v) is 11.5. The summed E-state index contributed by atoms with van der Waals surface area (Å²) in [6.07, 6.45) is 9.23. The molecule has 1 aliphatic heterocycles. The van der Waals surface area contributed by atoms with Gasteiger partial charge in [-0.05, 0) is 51.1 Å². The fourth-order valence-electron chi connectivity index (χ4n) is 3.39. The SMILES string of the molecule is CCC(CC)(C(=O)CCC1CC1)N1CCCC1. The summed E-state index contributed by atoms with van der Waals surface area (Å²) in [6.45, 7) is 6.65. The summed E-state index contributed by atoms with van der Waals surface area (Å²) in [5.74, 6) is 1.40. The van der Waals surface area contributed by atoms with Crippen LogP contribution >= 0.6 is 0 Å². The molecule has 2 rings (SSSR count). The Kier molecular flexibility index (Phi) is 4.24. The lowest BCUT2D eigenvalue weighted by atomic mass is 9.83. The Morgan fingerprint density at radius 3 is 2.24 bits per heavy atom. The minimum Gasteiger partial charge on any atom is -0.298 e. The van der Waals surface area contributed by atoms with Crippen molar-refractivity contribution in [1.82, 2.24) is 4.90 Å². The predicted molar refractivity (Wildman–Crippen MR) is 71.1 cm³/mol. The molecule has 0 radical (unpaired) electrons. The molecule has 0 bridgehead atoms. The molecule has 2 heteroatoms. The van der Waals surface area contributed by atoms with Gasteiger partial charge in [0.1, 0.15) is 0 Å². The highest BCUT2D eigenvalue weighted by atomic mass is 16.1. The molecule has 0 spiro atoms. The first kappa shape index (κ1) is 13.1. The van der Waals surface area contributed by atoms with E-state index in [1.165, 1.54) is 25.7 Å². The van der Waals surface area contributed by atoms with Crippen LogP contribution in [0.1, 0.15) is 65.2 Å². The van der Waals surface area contributed by atoms with Crippen LogP contribution in [0.4, 0.5) is 0 Å². The lowest BCUT2D eigenvalue weighted by Gasteiger charge is -2.39. The number of Topliss-reactive ketones (excluding diaryl/α,β-unsaturated/α-hetero) is 1. The van der Waals surface area contributed by atoms with Crippen molar-refractivity contribution < 1.29 is 4.79 Å². The molecule has 1 saturated carbocycles. The van der Waals surface area contributed by atoms with Gasteiger partial charge < -0.3 is 0 Å². The normalized spacial score (nSPS) is 22.0. The topological polar surface area (TPSA) is 20.3 Å². The second-order valence-corrected chi connectivity index (χ2v) is 5.84. The molecule has 0 aromatic rings. The summed E-state index contributed by atoms with van der Waals surface area (Å²) in [5.41, 5.74) is -0.120. The van der Waals surface area contributed by atoms with Gasteiger partial charge in [-0.1, -0.05) is 26.7 Å². The van der Waals surface area contributed by atoms with Gasteiger partial charge in [-0.15, -0.1) is 0 Å². The van der Waals surface area contributed by atoms with Crippen LogP contribution in [0.15, 0.2) is 0 Å². The summed E-state index contributed by atoms with van der Waals surface area (Å²) in [7, 11) is 0. The second-order valence-electron chi connectivity index (χ2n) is 5.84. The lowest BCUT2D eigenvalue weighted by Crippen LogP contribution is -2.52. The number of carbonyl (C=O) groups excluding carboxylic acids is 1. The summed E-state index contributed by atoms with van der Waals surface area (Å²) in [5, 5.41) is 0. The van der Waals surface area contributed by atoms with E-state index in [0.29, 0.717) is 5.78 Å². The number of nitrogens with zero attached hydrogens (tertiary/aromatic N) is 1. The molecule has 17 heavy (non-hydrogen) atoms. The predicted octanol–water partition coefficient (Wildman–Crippen LogP) is 3.40. The Morgan fingerprint density at radius 1 is 1.18 bits per heavy atom. The van der Waals surface area contributed by atoms with Crippen molar-refractivity contribution >= 4 is 5.78 Å². The van der Waals surface area contributed by atoms with E-state index in [-0.39, 0.29) is 5.54 Å². The van der Waals surface area contributed by atoms with Crippen LogP contribution in [0.25, 0.3) is 0 Å². The molecule has 0 amide bonds. The fourth-order valence-corrected chi connectivity index (χ4v) is 3.39. The van der Waals surface area contributed by atoms with Gasteiger partial charge in [0.25, 0.3) is 0 Å². The zero-order valence-electron chi connectivity index (χ0n) is 11.5. The summed E-state index contributed by atoms with van der Waals surface area (Å²) in [6, 6.07) is 0. The highest BCUT2D eigenvalue weighted by molar-refractivity contribution is 5.88. The molecule has 0 unspecified atom stereocenters. The van der Waals surface area contributed by atoms with Crippen molar-refractivity contribution in [3.8, 4) is 0 Å². The maximum atomic E-state index is 12.6. The third kappa shape index (κ3) is 2.73. The third-order valence-electron chi connectivity index (χ3n) is 4.88. The van der Waals surface area contributed by atoms with Crippen molar-refractivity contribution in [1.29, 1.82) is 0 Å². The highest BCUT2D eigenvalue weighted by Gasteiger charge is 2.41. The smallest absolute Gasteiger partial charge is 0.153 e. The maximum absolute atomic E-state index is 12.6. The van der Waals surface area contributed by atoms with Gasteiger partial charge >= 0.3 is 0 Å². The molecule has 0 aromatic carbocycles. The molecular formula is C15H27NO. The number of rotatable bonds is 7. The largest absolute Gasteiger partial charge is 0.298 e. The van der Waals surface area contributed by atoms with Crippen molar-refractivity contribution in [2.24, 2.45) is 5.92 Å². The molecule has 2 nitrogen and oxygen atoms in total. The second kappa shape index (κ2) is 5.51. The maximum Gasteiger partial charge on any atom is 0.153 e. The Balaban J connectivity index is 1.99.